The van der Waals surface area contributed by atoms with E-state index in [1.165, 1.54) is 6.26 Å². The third-order valence-corrected chi connectivity index (χ3v) is 4.60. The quantitative estimate of drug-likeness (QED) is 0.746. The van der Waals surface area contributed by atoms with Gasteiger partial charge in [0.15, 0.2) is 9.84 Å². The average Bonchev–Trinajstić information content (AvgIpc) is 2.96. The van der Waals surface area contributed by atoms with Gasteiger partial charge in [0.05, 0.1) is 16.8 Å². The lowest BCUT2D eigenvalue weighted by Crippen LogP contribution is -1.99. The van der Waals surface area contributed by atoms with Crippen LogP contribution < -0.4 is 0 Å². The first-order valence-corrected chi connectivity index (χ1v) is 8.74. The second kappa shape index (κ2) is 5.42. The van der Waals surface area contributed by atoms with Crippen LogP contribution in [0.5, 0.6) is 0 Å². The smallest absolute Gasteiger partial charge is 0.176 e. The molecular weight excluding hydrogens is 296 g/mol. The van der Waals surface area contributed by atoms with Crippen LogP contribution in [0.15, 0.2) is 66.1 Å². The summed E-state index contributed by atoms with van der Waals surface area (Å²) >= 11 is 0. The molecule has 4 nitrogen and oxygen atoms in total. The van der Waals surface area contributed by atoms with Crippen LogP contribution in [0.4, 0.5) is 0 Å². The van der Waals surface area contributed by atoms with Crippen LogP contribution in [0.25, 0.3) is 16.8 Å². The van der Waals surface area contributed by atoms with Crippen molar-refractivity contribution in [3.05, 3.63) is 66.7 Å². The summed E-state index contributed by atoms with van der Waals surface area (Å²) in [5.41, 5.74) is 3.60. The van der Waals surface area contributed by atoms with Crippen LogP contribution in [-0.4, -0.2) is 24.2 Å². The summed E-state index contributed by atoms with van der Waals surface area (Å²) in [7, 11) is -3.27. The monoisotopic (exact) mass is 312 g/mol. The Morgan fingerprint density at radius 3 is 2.59 bits per heavy atom. The van der Waals surface area contributed by atoms with Crippen LogP contribution in [0, 0.1) is 6.92 Å². The Morgan fingerprint density at radius 2 is 1.86 bits per heavy atom. The third-order valence-electron chi connectivity index (χ3n) is 3.45. The van der Waals surface area contributed by atoms with Gasteiger partial charge in [0.2, 0.25) is 0 Å². The molecule has 0 saturated carbocycles. The fraction of sp³-hybridized carbons (Fsp3) is 0.118. The first kappa shape index (κ1) is 14.5. The van der Waals surface area contributed by atoms with E-state index in [0.717, 1.165) is 16.8 Å². The molecule has 0 spiro atoms. The Bertz CT molecular complexity index is 927. The van der Waals surface area contributed by atoms with Gasteiger partial charge in [-0.15, -0.1) is 0 Å². The maximum Gasteiger partial charge on any atom is 0.176 e. The van der Waals surface area contributed by atoms with Crippen molar-refractivity contribution in [1.29, 1.82) is 0 Å². The van der Waals surface area contributed by atoms with Crippen molar-refractivity contribution < 1.29 is 8.42 Å². The van der Waals surface area contributed by atoms with Crippen molar-refractivity contribution in [1.82, 2.24) is 9.55 Å². The normalized spacial score (nSPS) is 11.5. The first-order chi connectivity index (χ1) is 10.4. The van der Waals surface area contributed by atoms with Gasteiger partial charge < -0.3 is 4.57 Å². The molecule has 0 fully saturated rings. The molecule has 3 aromatic rings. The molecular formula is C17H16N2O2S. The Morgan fingerprint density at radius 1 is 1.09 bits per heavy atom. The summed E-state index contributed by atoms with van der Waals surface area (Å²) in [5, 5.41) is 0. The predicted molar refractivity (Wildman–Crippen MR) is 86.8 cm³/mol. The average molecular weight is 312 g/mol. The van der Waals surface area contributed by atoms with Crippen molar-refractivity contribution >= 4 is 9.84 Å². The van der Waals surface area contributed by atoms with Crippen LogP contribution >= 0.6 is 0 Å². The van der Waals surface area contributed by atoms with Gasteiger partial charge in [-0.3, -0.25) is 4.98 Å². The number of hydrogen-bond donors (Lipinski definition) is 0. The molecule has 1 aromatic carbocycles. The summed E-state index contributed by atoms with van der Waals surface area (Å²) in [5.74, 6) is 0. The van der Waals surface area contributed by atoms with E-state index in [0.29, 0.717) is 10.5 Å². The van der Waals surface area contributed by atoms with E-state index < -0.39 is 9.84 Å². The van der Waals surface area contributed by atoms with Gasteiger partial charge in [0.1, 0.15) is 0 Å². The lowest BCUT2D eigenvalue weighted by Gasteiger charge is -2.06. The molecule has 2 aromatic heterocycles. The van der Waals surface area contributed by atoms with Crippen LogP contribution in [0.1, 0.15) is 5.56 Å². The number of sulfone groups is 1. The number of rotatable bonds is 3. The minimum atomic E-state index is -3.27. The highest BCUT2D eigenvalue weighted by Crippen LogP contribution is 2.28. The molecule has 2 heterocycles. The van der Waals surface area contributed by atoms with Gasteiger partial charge in [-0.25, -0.2) is 8.42 Å². The Hall–Kier alpha value is -2.40. The summed E-state index contributed by atoms with van der Waals surface area (Å²) < 4.78 is 25.8. The highest BCUT2D eigenvalue weighted by molar-refractivity contribution is 7.90. The van der Waals surface area contributed by atoms with Gasteiger partial charge in [-0.2, -0.15) is 0 Å². The SMILES string of the molecule is Cc1cncc(-n2ccc(-c3ccccc3S(C)(=O)=O)c2)c1. The van der Waals surface area contributed by atoms with Crippen molar-refractivity contribution in [2.75, 3.05) is 6.26 Å². The molecule has 22 heavy (non-hydrogen) atoms. The first-order valence-electron chi connectivity index (χ1n) is 6.84. The topological polar surface area (TPSA) is 52.0 Å². The molecule has 0 saturated heterocycles. The van der Waals surface area contributed by atoms with E-state index in [1.807, 2.05) is 48.1 Å². The lowest BCUT2D eigenvalue weighted by atomic mass is 10.1. The molecule has 5 heteroatoms. The standard InChI is InChI=1S/C17H16N2O2S/c1-13-9-15(11-18-10-13)19-8-7-14(12-19)16-5-3-4-6-17(16)22(2,20)21/h3-12H,1-2H3. The van der Waals surface area contributed by atoms with Crippen LogP contribution in [-0.2, 0) is 9.84 Å². The zero-order valence-electron chi connectivity index (χ0n) is 12.4. The largest absolute Gasteiger partial charge is 0.322 e. The third kappa shape index (κ3) is 2.80. The molecule has 0 N–H and O–H groups in total. The molecule has 0 aliphatic carbocycles. The minimum absolute atomic E-state index is 0.343. The maximum absolute atomic E-state index is 11.9. The summed E-state index contributed by atoms with van der Waals surface area (Å²) in [6, 6.07) is 11.0. The number of hydrogen-bond acceptors (Lipinski definition) is 3. The number of benzene rings is 1. The molecule has 0 bridgehead atoms. The van der Waals surface area contributed by atoms with Gasteiger partial charge in [0, 0.05) is 36.0 Å². The molecule has 0 unspecified atom stereocenters. The number of aromatic nitrogens is 2. The molecule has 0 amide bonds. The summed E-state index contributed by atoms with van der Waals surface area (Å²) in [6.07, 6.45) is 8.63. The number of pyridine rings is 1. The Labute approximate surface area is 130 Å². The van der Waals surface area contributed by atoms with E-state index in [1.54, 1.807) is 24.5 Å². The fourth-order valence-corrected chi connectivity index (χ4v) is 3.34. The van der Waals surface area contributed by atoms with Crippen molar-refractivity contribution in [2.45, 2.75) is 11.8 Å². The Kier molecular flexibility index (Phi) is 3.58. The van der Waals surface area contributed by atoms with E-state index in [4.69, 9.17) is 0 Å². The van der Waals surface area contributed by atoms with Crippen molar-refractivity contribution in [2.24, 2.45) is 0 Å². The van der Waals surface area contributed by atoms with Gasteiger partial charge in [-0.1, -0.05) is 18.2 Å². The molecule has 3 rings (SSSR count). The van der Waals surface area contributed by atoms with E-state index in [-0.39, 0.29) is 0 Å². The van der Waals surface area contributed by atoms with Crippen molar-refractivity contribution in [3.63, 3.8) is 0 Å². The highest BCUT2D eigenvalue weighted by Gasteiger charge is 2.14. The van der Waals surface area contributed by atoms with Crippen LogP contribution in [0.3, 0.4) is 0 Å². The molecule has 0 aliphatic heterocycles. The van der Waals surface area contributed by atoms with Gasteiger partial charge in [0.25, 0.3) is 0 Å². The highest BCUT2D eigenvalue weighted by atomic mass is 32.2. The zero-order valence-corrected chi connectivity index (χ0v) is 13.2. The van der Waals surface area contributed by atoms with Gasteiger partial charge in [-0.05, 0) is 30.7 Å². The van der Waals surface area contributed by atoms with Crippen molar-refractivity contribution in [3.8, 4) is 16.8 Å². The van der Waals surface area contributed by atoms with E-state index in [9.17, 15) is 8.42 Å². The summed E-state index contributed by atoms with van der Waals surface area (Å²) in [6.45, 7) is 1.99. The lowest BCUT2D eigenvalue weighted by molar-refractivity contribution is 0.602. The maximum atomic E-state index is 11.9. The van der Waals surface area contributed by atoms with E-state index >= 15 is 0 Å². The molecule has 112 valence electrons. The second-order valence-electron chi connectivity index (χ2n) is 5.30. The number of nitrogens with zero attached hydrogens (tertiary/aromatic N) is 2. The Balaban J connectivity index is 2.09. The second-order valence-corrected chi connectivity index (χ2v) is 7.28. The van der Waals surface area contributed by atoms with Gasteiger partial charge >= 0.3 is 0 Å². The minimum Gasteiger partial charge on any atom is -0.322 e. The molecule has 0 aliphatic rings. The molecule has 0 atom stereocenters. The molecule has 0 radical (unpaired) electrons. The number of aryl methyl sites for hydroxylation is 1. The van der Waals surface area contributed by atoms with Crippen LogP contribution in [0.2, 0.25) is 0 Å². The van der Waals surface area contributed by atoms with E-state index in [2.05, 4.69) is 4.98 Å². The summed E-state index contributed by atoms with van der Waals surface area (Å²) in [4.78, 5) is 4.53. The predicted octanol–water partition coefficient (Wildman–Crippen LogP) is 3.25. The fourth-order valence-electron chi connectivity index (χ4n) is 2.43. The zero-order chi connectivity index (χ0) is 15.7.